The first-order chi connectivity index (χ1) is 13.2. The quantitative estimate of drug-likeness (QED) is 0.600. The summed E-state index contributed by atoms with van der Waals surface area (Å²) in [5.41, 5.74) is 7.19. The van der Waals surface area contributed by atoms with Crippen molar-refractivity contribution >= 4 is 23.4 Å². The molecule has 3 rings (SSSR count). The summed E-state index contributed by atoms with van der Waals surface area (Å²) in [6.45, 7) is 5.30. The molecule has 2 heterocycles. The van der Waals surface area contributed by atoms with Gasteiger partial charge in [-0.3, -0.25) is 4.79 Å². The van der Waals surface area contributed by atoms with Gasteiger partial charge in [-0.15, -0.1) is 0 Å². The third-order valence-corrected chi connectivity index (χ3v) is 3.91. The summed E-state index contributed by atoms with van der Waals surface area (Å²) in [5.74, 6) is -1.67. The topological polar surface area (TPSA) is 111 Å². The number of carbonyl (C=O) groups excluding carboxylic acids is 1. The summed E-state index contributed by atoms with van der Waals surface area (Å²) in [6, 6.07) is 6.15. The Kier molecular flexibility index (Phi) is 5.21. The van der Waals surface area contributed by atoms with Crippen molar-refractivity contribution in [2.75, 3.05) is 10.6 Å². The van der Waals surface area contributed by atoms with E-state index in [1.807, 2.05) is 19.9 Å². The smallest absolute Gasteiger partial charge is 0.239 e. The Morgan fingerprint density at radius 1 is 1.14 bits per heavy atom. The van der Waals surface area contributed by atoms with Crippen molar-refractivity contribution in [1.29, 1.82) is 0 Å². The van der Waals surface area contributed by atoms with Gasteiger partial charge in [0.1, 0.15) is 11.9 Å². The summed E-state index contributed by atoms with van der Waals surface area (Å²) in [4.78, 5) is 20.0. The van der Waals surface area contributed by atoms with Crippen LogP contribution in [-0.4, -0.2) is 31.7 Å². The summed E-state index contributed by atoms with van der Waals surface area (Å²) in [5, 5.41) is 10.1. The van der Waals surface area contributed by atoms with Crippen LogP contribution >= 0.6 is 0 Å². The van der Waals surface area contributed by atoms with Crippen LogP contribution in [0, 0.1) is 25.5 Å². The number of nitrogens with two attached hydrogens (primary N) is 1. The zero-order valence-electron chi connectivity index (χ0n) is 15.5. The third kappa shape index (κ3) is 4.22. The molecule has 0 saturated carbocycles. The van der Waals surface area contributed by atoms with E-state index >= 15 is 0 Å². The lowest BCUT2D eigenvalue weighted by Crippen LogP contribution is -2.32. The van der Waals surface area contributed by atoms with Gasteiger partial charge in [0.2, 0.25) is 11.9 Å². The fraction of sp³-hybridized carbons (Fsp3) is 0.222. The Morgan fingerprint density at radius 2 is 1.89 bits per heavy atom. The Labute approximate surface area is 159 Å². The molecule has 0 spiro atoms. The van der Waals surface area contributed by atoms with Crippen LogP contribution in [0.4, 0.5) is 26.2 Å². The number of rotatable bonds is 6. The SMILES string of the molecule is Cc1cc(C)n(-c2cc(NC(C)C(N)=O)nc(Nc3ccc(F)c(F)c3)n2)n1. The maximum atomic E-state index is 13.5. The number of primary amides is 1. The standard InChI is InChI=1S/C18H19F2N7O/c1-9-6-10(2)27(26-9)16-8-15(22-11(3)17(21)28)24-18(25-16)23-12-4-5-13(19)14(20)7-12/h4-8,11H,1-3H3,(H2,21,28)(H2,22,23,24,25). The molecule has 0 fully saturated rings. The van der Waals surface area contributed by atoms with E-state index in [-0.39, 0.29) is 11.6 Å². The minimum atomic E-state index is -1.000. The van der Waals surface area contributed by atoms with Gasteiger partial charge in [0.15, 0.2) is 17.5 Å². The number of amides is 1. The Morgan fingerprint density at radius 3 is 2.50 bits per heavy atom. The minimum Gasteiger partial charge on any atom is -0.368 e. The lowest BCUT2D eigenvalue weighted by molar-refractivity contribution is -0.118. The third-order valence-electron chi connectivity index (χ3n) is 3.91. The van der Waals surface area contributed by atoms with E-state index < -0.39 is 23.6 Å². The van der Waals surface area contributed by atoms with Gasteiger partial charge < -0.3 is 16.4 Å². The van der Waals surface area contributed by atoms with Crippen molar-refractivity contribution in [1.82, 2.24) is 19.7 Å². The molecule has 0 saturated heterocycles. The second-order valence-electron chi connectivity index (χ2n) is 6.30. The number of aromatic nitrogens is 4. The van der Waals surface area contributed by atoms with Gasteiger partial charge in [-0.05, 0) is 39.0 Å². The molecule has 3 aromatic rings. The average molecular weight is 387 g/mol. The van der Waals surface area contributed by atoms with Gasteiger partial charge >= 0.3 is 0 Å². The van der Waals surface area contributed by atoms with E-state index in [2.05, 4.69) is 25.7 Å². The van der Waals surface area contributed by atoms with Crippen LogP contribution in [0.2, 0.25) is 0 Å². The molecule has 1 amide bonds. The highest BCUT2D eigenvalue weighted by Crippen LogP contribution is 2.21. The minimum absolute atomic E-state index is 0.107. The average Bonchev–Trinajstić information content (AvgIpc) is 2.96. The van der Waals surface area contributed by atoms with Crippen LogP contribution in [0.5, 0.6) is 0 Å². The summed E-state index contributed by atoms with van der Waals surface area (Å²) >= 11 is 0. The first-order valence-corrected chi connectivity index (χ1v) is 8.43. The van der Waals surface area contributed by atoms with E-state index in [9.17, 15) is 13.6 Å². The number of hydrogen-bond acceptors (Lipinski definition) is 6. The maximum absolute atomic E-state index is 13.5. The normalized spacial score (nSPS) is 11.9. The van der Waals surface area contributed by atoms with Crippen molar-refractivity contribution in [3.63, 3.8) is 0 Å². The Hall–Kier alpha value is -3.56. The van der Waals surface area contributed by atoms with Crippen LogP contribution in [-0.2, 0) is 4.79 Å². The molecule has 2 aromatic heterocycles. The number of halogens is 2. The second kappa shape index (κ2) is 7.59. The number of anilines is 3. The molecule has 0 aliphatic rings. The predicted octanol–water partition coefficient (Wildman–Crippen LogP) is 2.59. The van der Waals surface area contributed by atoms with Crippen molar-refractivity contribution in [2.24, 2.45) is 5.73 Å². The molecule has 4 N–H and O–H groups in total. The van der Waals surface area contributed by atoms with Gasteiger partial charge in [0.25, 0.3) is 0 Å². The number of nitrogens with one attached hydrogen (secondary N) is 2. The lowest BCUT2D eigenvalue weighted by Gasteiger charge is -2.14. The van der Waals surface area contributed by atoms with Crippen LogP contribution in [0.25, 0.3) is 5.82 Å². The van der Waals surface area contributed by atoms with E-state index in [0.717, 1.165) is 23.5 Å². The van der Waals surface area contributed by atoms with Crippen LogP contribution < -0.4 is 16.4 Å². The van der Waals surface area contributed by atoms with Crippen LogP contribution in [0.15, 0.2) is 30.3 Å². The number of benzene rings is 1. The molecular weight excluding hydrogens is 368 g/mol. The molecule has 0 bridgehead atoms. The molecule has 10 heteroatoms. The molecule has 0 aliphatic heterocycles. The molecular formula is C18H19F2N7O. The number of aryl methyl sites for hydroxylation is 2. The fourth-order valence-corrected chi connectivity index (χ4v) is 2.53. The fourth-order valence-electron chi connectivity index (χ4n) is 2.53. The lowest BCUT2D eigenvalue weighted by atomic mass is 10.3. The maximum Gasteiger partial charge on any atom is 0.239 e. The molecule has 1 atom stereocenters. The molecule has 146 valence electrons. The molecule has 0 aliphatic carbocycles. The van der Waals surface area contributed by atoms with Crippen molar-refractivity contribution in [3.05, 3.63) is 53.4 Å². The molecule has 1 aromatic carbocycles. The monoisotopic (exact) mass is 387 g/mol. The highest BCUT2D eigenvalue weighted by Gasteiger charge is 2.14. The van der Waals surface area contributed by atoms with Gasteiger partial charge in [0.05, 0.1) is 5.69 Å². The van der Waals surface area contributed by atoms with Gasteiger partial charge in [0, 0.05) is 23.5 Å². The summed E-state index contributed by atoms with van der Waals surface area (Å²) in [7, 11) is 0. The van der Waals surface area contributed by atoms with E-state index in [0.29, 0.717) is 11.6 Å². The summed E-state index contributed by atoms with van der Waals surface area (Å²) < 4.78 is 28.2. The molecule has 28 heavy (non-hydrogen) atoms. The van der Waals surface area contributed by atoms with E-state index in [1.54, 1.807) is 17.7 Å². The second-order valence-corrected chi connectivity index (χ2v) is 6.30. The highest BCUT2D eigenvalue weighted by molar-refractivity contribution is 5.82. The number of nitrogens with zero attached hydrogens (tertiary/aromatic N) is 4. The van der Waals surface area contributed by atoms with Crippen LogP contribution in [0.3, 0.4) is 0 Å². The van der Waals surface area contributed by atoms with Crippen LogP contribution in [0.1, 0.15) is 18.3 Å². The van der Waals surface area contributed by atoms with Crippen molar-refractivity contribution in [2.45, 2.75) is 26.8 Å². The van der Waals surface area contributed by atoms with E-state index in [1.165, 1.54) is 6.07 Å². The first-order valence-electron chi connectivity index (χ1n) is 8.43. The Balaban J connectivity index is 2.02. The predicted molar refractivity (Wildman–Crippen MR) is 101 cm³/mol. The molecule has 8 nitrogen and oxygen atoms in total. The number of hydrogen-bond donors (Lipinski definition) is 3. The Bertz CT molecular complexity index is 1030. The van der Waals surface area contributed by atoms with Gasteiger partial charge in [-0.25, -0.2) is 13.5 Å². The molecule has 0 radical (unpaired) electrons. The summed E-state index contributed by atoms with van der Waals surface area (Å²) in [6.07, 6.45) is 0. The highest BCUT2D eigenvalue weighted by atomic mass is 19.2. The number of carbonyl (C=O) groups is 1. The van der Waals surface area contributed by atoms with Crippen molar-refractivity contribution < 1.29 is 13.6 Å². The zero-order valence-corrected chi connectivity index (χ0v) is 15.5. The van der Waals surface area contributed by atoms with Crippen molar-refractivity contribution in [3.8, 4) is 5.82 Å². The van der Waals surface area contributed by atoms with Gasteiger partial charge in [-0.1, -0.05) is 0 Å². The largest absolute Gasteiger partial charge is 0.368 e. The zero-order chi connectivity index (χ0) is 20.4. The first kappa shape index (κ1) is 19.2. The van der Waals surface area contributed by atoms with Gasteiger partial charge in [-0.2, -0.15) is 15.1 Å². The molecule has 1 unspecified atom stereocenters. The van der Waals surface area contributed by atoms with E-state index in [4.69, 9.17) is 5.73 Å².